The highest BCUT2D eigenvalue weighted by Crippen LogP contribution is 2.32. The van der Waals surface area contributed by atoms with Crippen LogP contribution in [-0.2, 0) is 34.3 Å². The first kappa shape index (κ1) is 28.0. The molecule has 0 amide bonds. The van der Waals surface area contributed by atoms with Crippen LogP contribution in [0.3, 0.4) is 0 Å². The van der Waals surface area contributed by atoms with Crippen molar-refractivity contribution in [2.75, 3.05) is 47.8 Å². The average molecular weight is 489 g/mol. The van der Waals surface area contributed by atoms with E-state index in [2.05, 4.69) is 6.58 Å². The second-order valence-electron chi connectivity index (χ2n) is 7.14. The van der Waals surface area contributed by atoms with Gasteiger partial charge in [0.15, 0.2) is 6.29 Å². The summed E-state index contributed by atoms with van der Waals surface area (Å²) in [4.78, 5) is 24.2. The number of hydrogen-bond acceptors (Lipinski definition) is 9. The molecule has 0 fully saturated rings. The largest absolute Gasteiger partial charge is 0.497 e. The van der Waals surface area contributed by atoms with E-state index < -0.39 is 18.0 Å². The van der Waals surface area contributed by atoms with Gasteiger partial charge in [-0.2, -0.15) is 0 Å². The van der Waals surface area contributed by atoms with Gasteiger partial charge in [-0.15, -0.1) is 0 Å². The Labute approximate surface area is 205 Å². The number of ether oxygens (including phenoxy) is 7. The predicted octanol–water partition coefficient (Wildman–Crippen LogP) is 3.51. The molecule has 2 aromatic rings. The van der Waals surface area contributed by atoms with Crippen LogP contribution < -0.4 is 9.47 Å². The molecule has 0 saturated heterocycles. The third-order valence-electron chi connectivity index (χ3n) is 5.01. The molecule has 190 valence electrons. The van der Waals surface area contributed by atoms with Crippen molar-refractivity contribution in [3.63, 3.8) is 0 Å². The molecule has 9 nitrogen and oxygen atoms in total. The lowest BCUT2D eigenvalue weighted by Crippen LogP contribution is -2.40. The molecule has 0 heterocycles. The Morgan fingerprint density at radius 3 is 1.97 bits per heavy atom. The van der Waals surface area contributed by atoms with Gasteiger partial charge in [-0.3, -0.25) is 4.79 Å². The quantitative estimate of drug-likeness (QED) is 0.116. The van der Waals surface area contributed by atoms with Crippen LogP contribution in [0.15, 0.2) is 61.2 Å². The summed E-state index contributed by atoms with van der Waals surface area (Å²) in [5.41, 5.74) is 0.938. The van der Waals surface area contributed by atoms with Crippen LogP contribution in [0, 0.1) is 0 Å². The number of benzene rings is 2. The monoisotopic (exact) mass is 488 g/mol. The van der Waals surface area contributed by atoms with Gasteiger partial charge < -0.3 is 33.2 Å². The van der Waals surface area contributed by atoms with Crippen molar-refractivity contribution >= 4 is 11.8 Å². The molecule has 2 rings (SSSR count). The van der Waals surface area contributed by atoms with Gasteiger partial charge in [0.05, 0.1) is 20.3 Å². The molecule has 1 atom stereocenters. The van der Waals surface area contributed by atoms with E-state index in [9.17, 15) is 9.59 Å². The van der Waals surface area contributed by atoms with Crippen molar-refractivity contribution in [2.24, 2.45) is 0 Å². The number of methoxy groups -OCH3 is 3. The lowest BCUT2D eigenvalue weighted by atomic mass is 9.95. The Morgan fingerprint density at radius 2 is 1.43 bits per heavy atom. The molecule has 0 radical (unpaired) electrons. The summed E-state index contributed by atoms with van der Waals surface area (Å²) in [6.07, 6.45) is 0.601. The van der Waals surface area contributed by atoms with Crippen molar-refractivity contribution in [2.45, 2.75) is 19.0 Å². The fourth-order valence-electron chi connectivity index (χ4n) is 3.18. The fraction of sp³-hybridized carbons (Fsp3) is 0.385. The Kier molecular flexibility index (Phi) is 11.4. The van der Waals surface area contributed by atoms with Crippen molar-refractivity contribution in [3.05, 3.63) is 72.3 Å². The highest BCUT2D eigenvalue weighted by Gasteiger charge is 2.41. The molecule has 35 heavy (non-hydrogen) atoms. The highest BCUT2D eigenvalue weighted by atomic mass is 16.7. The molecule has 0 aromatic heterocycles. The molecule has 0 aliphatic carbocycles. The van der Waals surface area contributed by atoms with Gasteiger partial charge in [0.2, 0.25) is 5.78 Å². The van der Waals surface area contributed by atoms with Crippen molar-refractivity contribution in [3.8, 4) is 11.5 Å². The number of rotatable bonds is 16. The summed E-state index contributed by atoms with van der Waals surface area (Å²) in [6.45, 7) is 5.94. The Morgan fingerprint density at radius 1 is 0.857 bits per heavy atom. The number of Topliss-reactive ketones (excluding diaryl/α,β-unsaturated/α-hetero) is 1. The van der Waals surface area contributed by atoms with E-state index in [1.165, 1.54) is 14.2 Å². The fourth-order valence-corrected chi connectivity index (χ4v) is 3.18. The average Bonchev–Trinajstić information content (AvgIpc) is 2.90. The standard InChI is InChI=1S/C26H32O9/c1-6-24(27)35-18-16-33-19(2)32-15-17-34-23-13-9-21(10-14-23)26(30-4,31-5)25(28)20-7-11-22(29-3)12-8-20/h6-14,19H,1,15-18H2,2-5H3. The molecule has 0 saturated carbocycles. The zero-order chi connectivity index (χ0) is 25.7. The number of ketones is 1. The minimum absolute atomic E-state index is 0.118. The molecule has 0 N–H and O–H groups in total. The Hall–Kier alpha value is -3.24. The van der Waals surface area contributed by atoms with E-state index in [0.717, 1.165) is 6.08 Å². The van der Waals surface area contributed by atoms with Gasteiger partial charge in [-0.05, 0) is 55.5 Å². The third-order valence-corrected chi connectivity index (χ3v) is 5.01. The molecule has 1 unspecified atom stereocenters. The normalized spacial score (nSPS) is 12.0. The number of carbonyl (C=O) groups is 2. The molecular weight excluding hydrogens is 456 g/mol. The first-order chi connectivity index (χ1) is 16.9. The van der Waals surface area contributed by atoms with Crippen LogP contribution >= 0.6 is 0 Å². The van der Waals surface area contributed by atoms with E-state index in [4.69, 9.17) is 33.2 Å². The van der Waals surface area contributed by atoms with Gasteiger partial charge in [0.25, 0.3) is 5.79 Å². The summed E-state index contributed by atoms with van der Waals surface area (Å²) in [6, 6.07) is 13.6. The number of esters is 1. The Balaban J connectivity index is 1.88. The van der Waals surface area contributed by atoms with Gasteiger partial charge in [-0.25, -0.2) is 4.79 Å². The van der Waals surface area contributed by atoms with E-state index in [0.29, 0.717) is 22.6 Å². The summed E-state index contributed by atoms with van der Waals surface area (Å²) >= 11 is 0. The molecule has 0 aliphatic rings. The second kappa shape index (κ2) is 14.2. The topological polar surface area (TPSA) is 98.8 Å². The molecule has 2 aromatic carbocycles. The summed E-state index contributed by atoms with van der Waals surface area (Å²) < 4.78 is 37.7. The van der Waals surface area contributed by atoms with Gasteiger partial charge >= 0.3 is 5.97 Å². The lowest BCUT2D eigenvalue weighted by molar-refractivity contribution is -0.176. The third kappa shape index (κ3) is 7.90. The van der Waals surface area contributed by atoms with Gasteiger partial charge in [0.1, 0.15) is 24.7 Å². The Bertz CT molecular complexity index is 934. The van der Waals surface area contributed by atoms with Gasteiger partial charge in [-0.1, -0.05) is 6.58 Å². The van der Waals surface area contributed by atoms with Crippen LogP contribution in [0.1, 0.15) is 22.8 Å². The predicted molar refractivity (Wildman–Crippen MR) is 127 cm³/mol. The van der Waals surface area contributed by atoms with Crippen molar-refractivity contribution in [1.82, 2.24) is 0 Å². The number of carbonyl (C=O) groups excluding carboxylic acids is 2. The molecule has 9 heteroatoms. The summed E-state index contributed by atoms with van der Waals surface area (Å²) in [5.74, 6) is -1.23. The minimum Gasteiger partial charge on any atom is -0.497 e. The summed E-state index contributed by atoms with van der Waals surface area (Å²) in [5, 5.41) is 0. The maximum Gasteiger partial charge on any atom is 0.330 e. The van der Waals surface area contributed by atoms with E-state index in [1.807, 2.05) is 0 Å². The van der Waals surface area contributed by atoms with Crippen LogP contribution in [0.2, 0.25) is 0 Å². The second-order valence-corrected chi connectivity index (χ2v) is 7.14. The van der Waals surface area contributed by atoms with E-state index in [1.54, 1.807) is 62.6 Å². The molecule has 0 aliphatic heterocycles. The van der Waals surface area contributed by atoms with Gasteiger partial charge in [0, 0.05) is 31.4 Å². The first-order valence-corrected chi connectivity index (χ1v) is 10.9. The zero-order valence-corrected chi connectivity index (χ0v) is 20.5. The van der Waals surface area contributed by atoms with E-state index in [-0.39, 0.29) is 32.2 Å². The maximum atomic E-state index is 13.3. The SMILES string of the molecule is C=CC(=O)OCCOC(C)OCCOc1ccc(C(OC)(OC)C(=O)c2ccc(OC)cc2)cc1. The van der Waals surface area contributed by atoms with E-state index >= 15 is 0 Å². The van der Waals surface area contributed by atoms with Crippen molar-refractivity contribution < 1.29 is 42.7 Å². The van der Waals surface area contributed by atoms with Crippen LogP contribution in [0.4, 0.5) is 0 Å². The molecule has 0 spiro atoms. The molecular formula is C26H32O9. The molecule has 0 bridgehead atoms. The zero-order valence-electron chi connectivity index (χ0n) is 20.5. The first-order valence-electron chi connectivity index (χ1n) is 10.9. The smallest absolute Gasteiger partial charge is 0.330 e. The van der Waals surface area contributed by atoms with Crippen molar-refractivity contribution in [1.29, 1.82) is 0 Å². The maximum absolute atomic E-state index is 13.3. The highest BCUT2D eigenvalue weighted by molar-refractivity contribution is 6.02. The van der Waals surface area contributed by atoms with Crippen LogP contribution in [-0.4, -0.2) is 65.8 Å². The lowest BCUT2D eigenvalue weighted by Gasteiger charge is -2.30. The van der Waals surface area contributed by atoms with Crippen LogP contribution in [0.25, 0.3) is 0 Å². The van der Waals surface area contributed by atoms with Crippen LogP contribution in [0.5, 0.6) is 11.5 Å². The summed E-state index contributed by atoms with van der Waals surface area (Å²) in [7, 11) is 4.39. The number of hydrogen-bond donors (Lipinski definition) is 0. The minimum atomic E-state index is -1.61.